The molecule has 0 aliphatic carbocycles. The predicted molar refractivity (Wildman–Crippen MR) is 84.4 cm³/mol. The fraction of sp³-hybridized carbons (Fsp3) is 0.176. The molecule has 4 heteroatoms. The highest BCUT2D eigenvalue weighted by atomic mass is 16.5. The van der Waals surface area contributed by atoms with Crippen LogP contribution in [0.15, 0.2) is 48.1 Å². The Hall–Kier alpha value is -2.62. The molecule has 0 saturated carbocycles. The number of phenols is 1. The van der Waals surface area contributed by atoms with Crippen molar-refractivity contribution < 1.29 is 9.84 Å². The van der Waals surface area contributed by atoms with Gasteiger partial charge in [-0.1, -0.05) is 24.3 Å². The number of pyridine rings is 1. The van der Waals surface area contributed by atoms with Crippen molar-refractivity contribution in [2.75, 3.05) is 7.11 Å². The SMILES string of the molecule is C=C(N=C(OC)c1cc(C)ccc1O)c1ncccc1C. The Morgan fingerprint density at radius 3 is 2.71 bits per heavy atom. The van der Waals surface area contributed by atoms with Crippen LogP contribution in [0.3, 0.4) is 0 Å². The number of hydrogen-bond donors (Lipinski definition) is 1. The summed E-state index contributed by atoms with van der Waals surface area (Å²) >= 11 is 0. The van der Waals surface area contributed by atoms with Crippen LogP contribution in [0.1, 0.15) is 22.4 Å². The first kappa shape index (κ1) is 14.8. The van der Waals surface area contributed by atoms with Crippen molar-refractivity contribution in [2.24, 2.45) is 4.99 Å². The molecule has 0 bridgehead atoms. The molecule has 21 heavy (non-hydrogen) atoms. The Balaban J connectivity index is 2.44. The van der Waals surface area contributed by atoms with E-state index in [2.05, 4.69) is 16.6 Å². The molecule has 0 atom stereocenters. The summed E-state index contributed by atoms with van der Waals surface area (Å²) in [6.07, 6.45) is 1.69. The molecule has 0 amide bonds. The third-order valence-electron chi connectivity index (χ3n) is 3.10. The number of aliphatic imine (C=N–C) groups is 1. The molecule has 0 saturated heterocycles. The molecule has 1 aromatic heterocycles. The number of ether oxygens (including phenoxy) is 1. The van der Waals surface area contributed by atoms with Gasteiger partial charge in [-0.15, -0.1) is 0 Å². The van der Waals surface area contributed by atoms with Gasteiger partial charge in [0, 0.05) is 6.20 Å². The molecular formula is C17H18N2O2. The summed E-state index contributed by atoms with van der Waals surface area (Å²) in [5.41, 5.74) is 3.72. The van der Waals surface area contributed by atoms with Crippen molar-refractivity contribution in [3.05, 3.63) is 65.5 Å². The largest absolute Gasteiger partial charge is 0.507 e. The van der Waals surface area contributed by atoms with Gasteiger partial charge in [0.1, 0.15) is 5.75 Å². The first-order chi connectivity index (χ1) is 10.0. The van der Waals surface area contributed by atoms with Crippen LogP contribution in [0, 0.1) is 13.8 Å². The van der Waals surface area contributed by atoms with Crippen LogP contribution in [-0.4, -0.2) is 23.1 Å². The monoisotopic (exact) mass is 282 g/mol. The fourth-order valence-electron chi connectivity index (χ4n) is 2.00. The second-order valence-corrected chi connectivity index (χ2v) is 4.76. The number of aromatic nitrogens is 1. The Kier molecular flexibility index (Phi) is 4.38. The van der Waals surface area contributed by atoms with Crippen LogP contribution in [0.2, 0.25) is 0 Å². The van der Waals surface area contributed by atoms with E-state index in [4.69, 9.17) is 4.74 Å². The molecule has 1 aromatic carbocycles. The summed E-state index contributed by atoms with van der Waals surface area (Å²) in [6.45, 7) is 7.82. The van der Waals surface area contributed by atoms with Gasteiger partial charge in [-0.25, -0.2) is 4.99 Å². The Morgan fingerprint density at radius 2 is 2.05 bits per heavy atom. The molecule has 1 heterocycles. The number of benzene rings is 1. The van der Waals surface area contributed by atoms with Crippen LogP contribution in [0.4, 0.5) is 0 Å². The maximum Gasteiger partial charge on any atom is 0.224 e. The van der Waals surface area contributed by atoms with Gasteiger partial charge in [0.2, 0.25) is 5.90 Å². The van der Waals surface area contributed by atoms with Crippen molar-refractivity contribution in [1.29, 1.82) is 0 Å². The summed E-state index contributed by atoms with van der Waals surface area (Å²) in [5.74, 6) is 0.429. The smallest absolute Gasteiger partial charge is 0.224 e. The van der Waals surface area contributed by atoms with Crippen LogP contribution in [0.5, 0.6) is 5.75 Å². The molecular weight excluding hydrogens is 264 g/mol. The molecule has 4 nitrogen and oxygen atoms in total. The standard InChI is InChI=1S/C17H18N2O2/c1-11-7-8-15(20)14(10-11)17(21-4)19-13(3)16-12(2)6-5-9-18-16/h5-10,20H,3H2,1-2,4H3. The van der Waals surface area contributed by atoms with E-state index in [0.29, 0.717) is 22.9 Å². The highest BCUT2D eigenvalue weighted by Gasteiger charge is 2.12. The molecule has 1 N–H and O–H groups in total. The molecule has 0 aliphatic heterocycles. The van der Waals surface area contributed by atoms with Crippen LogP contribution >= 0.6 is 0 Å². The van der Waals surface area contributed by atoms with E-state index in [-0.39, 0.29) is 5.75 Å². The number of phenolic OH excluding ortho intramolecular Hbond substituents is 1. The zero-order valence-corrected chi connectivity index (χ0v) is 12.4. The summed E-state index contributed by atoms with van der Waals surface area (Å²) in [5, 5.41) is 9.97. The Bertz CT molecular complexity index is 706. The molecule has 0 unspecified atom stereocenters. The van der Waals surface area contributed by atoms with Gasteiger partial charge >= 0.3 is 0 Å². The summed E-state index contributed by atoms with van der Waals surface area (Å²) in [6, 6.07) is 9.06. The average Bonchev–Trinajstić information content (AvgIpc) is 2.47. The number of methoxy groups -OCH3 is 1. The van der Waals surface area contributed by atoms with Gasteiger partial charge in [-0.05, 0) is 37.6 Å². The summed E-state index contributed by atoms with van der Waals surface area (Å²) in [7, 11) is 1.51. The highest BCUT2D eigenvalue weighted by molar-refractivity contribution is 5.99. The van der Waals surface area contributed by atoms with E-state index in [1.807, 2.05) is 38.1 Å². The lowest BCUT2D eigenvalue weighted by Crippen LogP contribution is -2.05. The second kappa shape index (κ2) is 6.22. The third kappa shape index (κ3) is 3.28. The topological polar surface area (TPSA) is 54.7 Å². The summed E-state index contributed by atoms with van der Waals surface area (Å²) < 4.78 is 5.31. The van der Waals surface area contributed by atoms with Crippen molar-refractivity contribution >= 4 is 11.6 Å². The fourth-order valence-corrected chi connectivity index (χ4v) is 2.00. The number of hydrogen-bond acceptors (Lipinski definition) is 4. The third-order valence-corrected chi connectivity index (χ3v) is 3.10. The minimum Gasteiger partial charge on any atom is -0.507 e. The first-order valence-corrected chi connectivity index (χ1v) is 6.56. The minimum absolute atomic E-state index is 0.117. The minimum atomic E-state index is 0.117. The first-order valence-electron chi connectivity index (χ1n) is 6.56. The van der Waals surface area contributed by atoms with E-state index in [0.717, 1.165) is 11.1 Å². The van der Waals surface area contributed by atoms with Crippen molar-refractivity contribution in [1.82, 2.24) is 4.98 Å². The zero-order valence-electron chi connectivity index (χ0n) is 12.4. The maximum absolute atomic E-state index is 9.97. The van der Waals surface area contributed by atoms with Crippen molar-refractivity contribution in [3.63, 3.8) is 0 Å². The lowest BCUT2D eigenvalue weighted by Gasteiger charge is -2.10. The zero-order chi connectivity index (χ0) is 15.4. The lowest BCUT2D eigenvalue weighted by atomic mass is 10.1. The maximum atomic E-state index is 9.97. The van der Waals surface area contributed by atoms with Gasteiger partial charge in [0.25, 0.3) is 0 Å². The van der Waals surface area contributed by atoms with Gasteiger partial charge in [0.05, 0.1) is 24.1 Å². The number of rotatable bonds is 3. The molecule has 108 valence electrons. The quantitative estimate of drug-likeness (QED) is 0.692. The molecule has 2 rings (SSSR count). The Labute approximate surface area is 124 Å². The highest BCUT2D eigenvalue weighted by Crippen LogP contribution is 2.22. The van der Waals surface area contributed by atoms with E-state index in [9.17, 15) is 5.11 Å². The van der Waals surface area contributed by atoms with Gasteiger partial charge in [-0.3, -0.25) is 4.98 Å². The number of nitrogens with zero attached hydrogens (tertiary/aromatic N) is 2. The normalized spacial score (nSPS) is 11.3. The Morgan fingerprint density at radius 1 is 1.29 bits per heavy atom. The van der Waals surface area contributed by atoms with E-state index < -0.39 is 0 Å². The van der Waals surface area contributed by atoms with Gasteiger partial charge in [-0.2, -0.15) is 0 Å². The van der Waals surface area contributed by atoms with Crippen molar-refractivity contribution in [2.45, 2.75) is 13.8 Å². The van der Waals surface area contributed by atoms with E-state index in [1.54, 1.807) is 12.3 Å². The molecule has 0 aliphatic rings. The van der Waals surface area contributed by atoms with Gasteiger partial charge in [0.15, 0.2) is 0 Å². The van der Waals surface area contributed by atoms with Crippen LogP contribution in [-0.2, 0) is 4.74 Å². The van der Waals surface area contributed by atoms with Crippen molar-refractivity contribution in [3.8, 4) is 5.75 Å². The lowest BCUT2D eigenvalue weighted by molar-refractivity contribution is 0.400. The van der Waals surface area contributed by atoms with E-state index in [1.165, 1.54) is 7.11 Å². The van der Waals surface area contributed by atoms with Crippen LogP contribution in [0.25, 0.3) is 5.70 Å². The molecule has 0 radical (unpaired) electrons. The second-order valence-electron chi connectivity index (χ2n) is 4.76. The average molecular weight is 282 g/mol. The number of aromatic hydroxyl groups is 1. The molecule has 0 fully saturated rings. The van der Waals surface area contributed by atoms with Gasteiger partial charge < -0.3 is 9.84 Å². The molecule has 0 spiro atoms. The van der Waals surface area contributed by atoms with Crippen LogP contribution < -0.4 is 0 Å². The number of aryl methyl sites for hydroxylation is 2. The predicted octanol–water partition coefficient (Wildman–Crippen LogP) is 3.47. The van der Waals surface area contributed by atoms with E-state index >= 15 is 0 Å². The molecule has 2 aromatic rings. The summed E-state index contributed by atoms with van der Waals surface area (Å²) in [4.78, 5) is 8.65.